The molecular formula is C18H21N5. The Kier molecular flexibility index (Phi) is 4.43. The van der Waals surface area contributed by atoms with Gasteiger partial charge >= 0.3 is 0 Å². The van der Waals surface area contributed by atoms with E-state index >= 15 is 0 Å². The number of rotatable bonds is 2. The Balaban J connectivity index is 2.49. The van der Waals surface area contributed by atoms with Crippen LogP contribution in [0, 0.1) is 22.7 Å². The fraction of sp³-hybridized carbons (Fsp3) is 0.389. The van der Waals surface area contributed by atoms with Gasteiger partial charge in [0.15, 0.2) is 5.70 Å². The molecule has 0 aliphatic carbocycles. The molecule has 5 nitrogen and oxygen atoms in total. The van der Waals surface area contributed by atoms with E-state index in [1.165, 1.54) is 0 Å². The summed E-state index contributed by atoms with van der Waals surface area (Å²) in [5.41, 5.74) is 0.704. The van der Waals surface area contributed by atoms with Gasteiger partial charge in [0.05, 0.1) is 11.1 Å². The van der Waals surface area contributed by atoms with E-state index in [1.54, 1.807) is 0 Å². The number of benzene rings is 1. The summed E-state index contributed by atoms with van der Waals surface area (Å²) < 4.78 is 0. The molecule has 5 heteroatoms. The predicted molar refractivity (Wildman–Crippen MR) is 90.3 cm³/mol. The van der Waals surface area contributed by atoms with Crippen LogP contribution in [0.25, 0.3) is 0 Å². The third-order valence-electron chi connectivity index (χ3n) is 3.49. The molecule has 1 atom stereocenters. The van der Waals surface area contributed by atoms with E-state index in [0.29, 0.717) is 12.3 Å². The zero-order valence-electron chi connectivity index (χ0n) is 13.9. The first-order valence-electron chi connectivity index (χ1n) is 7.51. The van der Waals surface area contributed by atoms with Crippen LogP contribution in [-0.4, -0.2) is 16.9 Å². The number of nitriles is 2. The lowest BCUT2D eigenvalue weighted by Gasteiger charge is -2.38. The normalized spacial score (nSPS) is 22.8. The van der Waals surface area contributed by atoms with Crippen LogP contribution in [0.2, 0.25) is 0 Å². The molecule has 1 aromatic rings. The van der Waals surface area contributed by atoms with E-state index in [9.17, 15) is 10.5 Å². The van der Waals surface area contributed by atoms with E-state index in [4.69, 9.17) is 4.99 Å². The Labute approximate surface area is 137 Å². The van der Waals surface area contributed by atoms with E-state index in [0.717, 1.165) is 5.56 Å². The summed E-state index contributed by atoms with van der Waals surface area (Å²) in [4.78, 5) is 4.73. The lowest BCUT2D eigenvalue weighted by atomic mass is 9.88. The number of aliphatic imine (C=N–C) groups is 1. The third kappa shape index (κ3) is 3.90. The molecular weight excluding hydrogens is 286 g/mol. The maximum absolute atomic E-state index is 9.31. The highest BCUT2D eigenvalue weighted by molar-refractivity contribution is 5.95. The molecule has 2 N–H and O–H groups in total. The number of hydrogen-bond donors (Lipinski definition) is 2. The summed E-state index contributed by atoms with van der Waals surface area (Å²) in [5, 5.41) is 24.8. The number of allylic oxidation sites excluding steroid dienone is 2. The molecule has 0 aromatic heterocycles. The minimum absolute atomic E-state index is 0.209. The third-order valence-corrected chi connectivity index (χ3v) is 3.49. The second-order valence-corrected chi connectivity index (χ2v) is 6.85. The van der Waals surface area contributed by atoms with Gasteiger partial charge in [0.1, 0.15) is 23.7 Å². The van der Waals surface area contributed by atoms with E-state index in [1.807, 2.05) is 64.1 Å². The Morgan fingerprint density at radius 3 is 2.22 bits per heavy atom. The molecule has 1 unspecified atom stereocenters. The zero-order chi connectivity index (χ0) is 17.1. The molecule has 1 heterocycles. The number of amidine groups is 1. The Bertz CT molecular complexity index is 725. The lowest BCUT2D eigenvalue weighted by molar-refractivity contribution is 0.476. The highest BCUT2D eigenvalue weighted by Crippen LogP contribution is 2.23. The predicted octanol–water partition coefficient (Wildman–Crippen LogP) is 2.64. The van der Waals surface area contributed by atoms with Crippen LogP contribution < -0.4 is 10.6 Å². The molecule has 118 valence electrons. The maximum atomic E-state index is 9.31. The molecule has 0 fully saturated rings. The highest BCUT2D eigenvalue weighted by Gasteiger charge is 2.38. The molecule has 1 aliphatic rings. The van der Waals surface area contributed by atoms with Gasteiger partial charge in [-0.25, -0.2) is 0 Å². The van der Waals surface area contributed by atoms with Gasteiger partial charge in [-0.1, -0.05) is 30.3 Å². The van der Waals surface area contributed by atoms with Crippen molar-refractivity contribution in [1.82, 2.24) is 10.6 Å². The van der Waals surface area contributed by atoms with Gasteiger partial charge in [0, 0.05) is 6.42 Å². The van der Waals surface area contributed by atoms with Crippen molar-refractivity contribution in [3.05, 3.63) is 47.3 Å². The number of hydrogen-bond acceptors (Lipinski definition) is 4. The standard InChI is InChI=1S/C18H21N5/c1-17(2,3)23-16-18(4,10-13-8-6-5-7-9-13)22-15(12-20)14(11-19)21-16/h5-9,22H,10H2,1-4H3,(H,21,23). The van der Waals surface area contributed by atoms with Crippen LogP contribution >= 0.6 is 0 Å². The maximum Gasteiger partial charge on any atom is 0.153 e. The van der Waals surface area contributed by atoms with Crippen molar-refractivity contribution in [3.8, 4) is 12.1 Å². The molecule has 0 radical (unpaired) electrons. The Morgan fingerprint density at radius 2 is 1.70 bits per heavy atom. The van der Waals surface area contributed by atoms with Crippen LogP contribution in [0.4, 0.5) is 0 Å². The second kappa shape index (κ2) is 6.14. The van der Waals surface area contributed by atoms with Crippen LogP contribution in [0.15, 0.2) is 46.7 Å². The molecule has 1 aromatic carbocycles. The summed E-state index contributed by atoms with van der Waals surface area (Å²) >= 11 is 0. The lowest BCUT2D eigenvalue weighted by Crippen LogP contribution is -2.60. The van der Waals surface area contributed by atoms with Crippen molar-refractivity contribution in [2.24, 2.45) is 4.99 Å². The average molecular weight is 307 g/mol. The smallest absolute Gasteiger partial charge is 0.153 e. The molecule has 0 amide bonds. The summed E-state index contributed by atoms with van der Waals surface area (Å²) in [5.74, 6) is 0.671. The van der Waals surface area contributed by atoms with Crippen LogP contribution in [0.3, 0.4) is 0 Å². The molecule has 0 spiro atoms. The Hall–Kier alpha value is -2.79. The number of nitrogens with one attached hydrogen (secondary N) is 2. The van der Waals surface area contributed by atoms with Crippen molar-refractivity contribution in [2.45, 2.75) is 45.2 Å². The van der Waals surface area contributed by atoms with Crippen LogP contribution in [0.5, 0.6) is 0 Å². The van der Waals surface area contributed by atoms with Gasteiger partial charge in [-0.2, -0.15) is 10.5 Å². The van der Waals surface area contributed by atoms with Gasteiger partial charge in [-0.15, -0.1) is 0 Å². The van der Waals surface area contributed by atoms with Gasteiger partial charge < -0.3 is 10.6 Å². The zero-order valence-corrected chi connectivity index (χ0v) is 13.9. The summed E-state index contributed by atoms with van der Waals surface area (Å²) in [6.07, 6.45) is 0.652. The topological polar surface area (TPSA) is 84.0 Å². The van der Waals surface area contributed by atoms with E-state index in [-0.39, 0.29) is 16.9 Å². The fourth-order valence-electron chi connectivity index (χ4n) is 2.50. The summed E-state index contributed by atoms with van der Waals surface area (Å²) in [6, 6.07) is 14.1. The molecule has 1 aliphatic heterocycles. The monoisotopic (exact) mass is 307 g/mol. The average Bonchev–Trinajstić information content (AvgIpc) is 2.48. The van der Waals surface area contributed by atoms with Gasteiger partial charge in [0.2, 0.25) is 0 Å². The molecule has 0 saturated heterocycles. The number of nitrogens with zero attached hydrogens (tertiary/aromatic N) is 3. The first kappa shape index (κ1) is 16.6. The summed E-state index contributed by atoms with van der Waals surface area (Å²) in [6.45, 7) is 7.99. The van der Waals surface area contributed by atoms with Gasteiger partial charge in [-0.05, 0) is 33.3 Å². The minimum Gasteiger partial charge on any atom is -0.362 e. The van der Waals surface area contributed by atoms with Crippen LogP contribution in [-0.2, 0) is 6.42 Å². The van der Waals surface area contributed by atoms with Gasteiger partial charge in [-0.3, -0.25) is 4.99 Å². The fourth-order valence-corrected chi connectivity index (χ4v) is 2.50. The molecule has 0 bridgehead atoms. The highest BCUT2D eigenvalue weighted by atomic mass is 15.2. The SMILES string of the molecule is CC(C)(C)N=C1NC(C#N)=C(C#N)NC1(C)Cc1ccccc1. The van der Waals surface area contributed by atoms with Crippen LogP contribution in [0.1, 0.15) is 33.3 Å². The molecule has 0 saturated carbocycles. The van der Waals surface area contributed by atoms with Crippen molar-refractivity contribution in [1.29, 1.82) is 10.5 Å². The van der Waals surface area contributed by atoms with Crippen molar-refractivity contribution >= 4 is 5.84 Å². The first-order valence-corrected chi connectivity index (χ1v) is 7.51. The first-order chi connectivity index (χ1) is 10.8. The van der Waals surface area contributed by atoms with E-state index < -0.39 is 5.54 Å². The van der Waals surface area contributed by atoms with Crippen molar-refractivity contribution in [2.75, 3.05) is 0 Å². The van der Waals surface area contributed by atoms with E-state index in [2.05, 4.69) is 16.7 Å². The Morgan fingerprint density at radius 1 is 1.09 bits per heavy atom. The summed E-state index contributed by atoms with van der Waals surface area (Å²) in [7, 11) is 0. The van der Waals surface area contributed by atoms with Crippen molar-refractivity contribution < 1.29 is 0 Å². The van der Waals surface area contributed by atoms with Gasteiger partial charge in [0.25, 0.3) is 0 Å². The molecule has 2 rings (SSSR count). The second-order valence-electron chi connectivity index (χ2n) is 6.85. The minimum atomic E-state index is -0.583. The largest absolute Gasteiger partial charge is 0.362 e. The quantitative estimate of drug-likeness (QED) is 0.879. The molecule has 23 heavy (non-hydrogen) atoms. The van der Waals surface area contributed by atoms with Crippen molar-refractivity contribution in [3.63, 3.8) is 0 Å².